The lowest BCUT2D eigenvalue weighted by atomic mass is 10.0. The van der Waals surface area contributed by atoms with E-state index in [0.717, 1.165) is 50.7 Å². The van der Waals surface area contributed by atoms with Gasteiger partial charge >= 0.3 is 0 Å². The molecule has 1 aliphatic heterocycles. The maximum absolute atomic E-state index is 5.73. The Bertz CT molecular complexity index is 1080. The minimum Gasteiger partial charge on any atom is -0.404 e. The Morgan fingerprint density at radius 2 is 1.62 bits per heavy atom. The molecule has 0 bridgehead atoms. The van der Waals surface area contributed by atoms with Crippen molar-refractivity contribution in [2.24, 2.45) is 11.7 Å². The van der Waals surface area contributed by atoms with Crippen LogP contribution < -0.4 is 10.6 Å². The highest BCUT2D eigenvalue weighted by Gasteiger charge is 2.20. The van der Waals surface area contributed by atoms with Crippen LogP contribution in [-0.4, -0.2) is 47.8 Å². The van der Waals surface area contributed by atoms with E-state index >= 15 is 0 Å². The third-order valence-corrected chi connectivity index (χ3v) is 6.16. The first kappa shape index (κ1) is 22.0. The largest absolute Gasteiger partial charge is 0.404 e. The summed E-state index contributed by atoms with van der Waals surface area (Å²) in [5.74, 6) is 1.45. The lowest BCUT2D eigenvalue weighted by Crippen LogP contribution is -2.46. The Morgan fingerprint density at radius 1 is 0.938 bits per heavy atom. The number of hydrogen-bond donors (Lipinski definition) is 1. The number of nitrogens with two attached hydrogens (primary N) is 1. The van der Waals surface area contributed by atoms with Crippen molar-refractivity contribution in [1.82, 2.24) is 15.1 Å². The smallest absolute Gasteiger partial charge is 0.159 e. The summed E-state index contributed by atoms with van der Waals surface area (Å²) in [5.41, 5.74) is 9.20. The van der Waals surface area contributed by atoms with E-state index in [2.05, 4.69) is 94.5 Å². The predicted octanol–water partition coefficient (Wildman–Crippen LogP) is 4.40. The average Bonchev–Trinajstić information content (AvgIpc) is 2.83. The highest BCUT2D eigenvalue weighted by molar-refractivity contribution is 5.93. The first-order valence-corrected chi connectivity index (χ1v) is 11.5. The fraction of sp³-hybridized carbons (Fsp3) is 0.333. The quantitative estimate of drug-likeness (QED) is 0.567. The molecule has 0 aliphatic carbocycles. The van der Waals surface area contributed by atoms with E-state index < -0.39 is 0 Å². The summed E-state index contributed by atoms with van der Waals surface area (Å²) in [7, 11) is 0. The van der Waals surface area contributed by atoms with Gasteiger partial charge in [-0.2, -0.15) is 5.10 Å². The number of aromatic nitrogens is 2. The van der Waals surface area contributed by atoms with Crippen LogP contribution in [0.4, 0.5) is 5.82 Å². The molecule has 0 unspecified atom stereocenters. The van der Waals surface area contributed by atoms with Gasteiger partial charge in [0.25, 0.3) is 0 Å². The number of anilines is 1. The first-order valence-electron chi connectivity index (χ1n) is 11.5. The van der Waals surface area contributed by atoms with Crippen molar-refractivity contribution in [2.75, 3.05) is 37.6 Å². The summed E-state index contributed by atoms with van der Waals surface area (Å²) < 4.78 is 0. The normalized spacial score (nSPS) is 15.8. The number of benzene rings is 2. The standard InChI is InChI=1S/C27H33N5/c1-21(2)23(20-28)11-8-14-31-15-17-32(18-16-31)27-25-13-7-6-12-24(25)26(29-30-27)19-22-9-4-3-5-10-22/h3-13,20-21H,14-19,28H2,1-2H3/b11-8-,23-20+. The summed E-state index contributed by atoms with van der Waals surface area (Å²) in [6, 6.07) is 19.0. The van der Waals surface area contributed by atoms with Gasteiger partial charge < -0.3 is 10.6 Å². The molecule has 0 amide bonds. The van der Waals surface area contributed by atoms with Gasteiger partial charge in [-0.05, 0) is 23.3 Å². The third kappa shape index (κ3) is 5.17. The molecule has 2 N–H and O–H groups in total. The predicted molar refractivity (Wildman–Crippen MR) is 134 cm³/mol. The van der Waals surface area contributed by atoms with E-state index in [1.165, 1.54) is 21.9 Å². The van der Waals surface area contributed by atoms with Gasteiger partial charge in [0.05, 0.1) is 5.69 Å². The van der Waals surface area contributed by atoms with Crippen molar-refractivity contribution in [3.8, 4) is 0 Å². The van der Waals surface area contributed by atoms with E-state index in [4.69, 9.17) is 5.73 Å². The molecule has 5 nitrogen and oxygen atoms in total. The van der Waals surface area contributed by atoms with Crippen LogP contribution >= 0.6 is 0 Å². The number of rotatable bonds is 7. The second-order valence-electron chi connectivity index (χ2n) is 8.69. The molecule has 0 radical (unpaired) electrons. The molecule has 3 aromatic rings. The van der Waals surface area contributed by atoms with Crippen LogP contribution in [-0.2, 0) is 6.42 Å². The Balaban J connectivity index is 1.45. The Labute approximate surface area is 191 Å². The number of hydrogen-bond acceptors (Lipinski definition) is 5. The third-order valence-electron chi connectivity index (χ3n) is 6.16. The monoisotopic (exact) mass is 427 g/mol. The second-order valence-corrected chi connectivity index (χ2v) is 8.69. The molecule has 166 valence electrons. The molecule has 32 heavy (non-hydrogen) atoms. The summed E-state index contributed by atoms with van der Waals surface area (Å²) in [6.07, 6.45) is 6.89. The number of allylic oxidation sites excluding steroid dienone is 2. The van der Waals surface area contributed by atoms with Gasteiger partial charge in [0.1, 0.15) is 0 Å². The molecule has 5 heteroatoms. The molecule has 4 rings (SSSR count). The topological polar surface area (TPSA) is 58.3 Å². The zero-order valence-corrected chi connectivity index (χ0v) is 19.1. The molecule has 0 spiro atoms. The minimum absolute atomic E-state index is 0.449. The zero-order chi connectivity index (χ0) is 22.3. The number of piperazine rings is 1. The maximum Gasteiger partial charge on any atom is 0.159 e. The molecular weight excluding hydrogens is 394 g/mol. The molecule has 1 fully saturated rings. The van der Waals surface area contributed by atoms with Gasteiger partial charge in [0.2, 0.25) is 0 Å². The van der Waals surface area contributed by atoms with E-state index in [1.54, 1.807) is 6.20 Å². The lowest BCUT2D eigenvalue weighted by Gasteiger charge is -2.35. The SMILES string of the molecule is CC(C)C(/C=C\CN1CCN(c2nnc(Cc3ccccc3)c3ccccc23)CC1)=C/N. The van der Waals surface area contributed by atoms with E-state index in [1.807, 2.05) is 6.07 Å². The van der Waals surface area contributed by atoms with Gasteiger partial charge in [0.15, 0.2) is 5.82 Å². The summed E-state index contributed by atoms with van der Waals surface area (Å²) in [4.78, 5) is 4.85. The minimum atomic E-state index is 0.449. The summed E-state index contributed by atoms with van der Waals surface area (Å²) in [5, 5.41) is 11.7. The van der Waals surface area contributed by atoms with Gasteiger partial charge in [-0.1, -0.05) is 80.6 Å². The molecule has 0 atom stereocenters. The van der Waals surface area contributed by atoms with E-state index in [9.17, 15) is 0 Å². The van der Waals surface area contributed by atoms with Crippen molar-refractivity contribution >= 4 is 16.6 Å². The Hall–Kier alpha value is -3.18. The molecular formula is C27H33N5. The molecule has 0 saturated carbocycles. The maximum atomic E-state index is 5.73. The highest BCUT2D eigenvalue weighted by atomic mass is 15.3. The summed E-state index contributed by atoms with van der Waals surface area (Å²) in [6.45, 7) is 9.20. The average molecular weight is 428 g/mol. The lowest BCUT2D eigenvalue weighted by molar-refractivity contribution is 0.283. The van der Waals surface area contributed by atoms with Gasteiger partial charge in [0, 0.05) is 49.9 Å². The fourth-order valence-corrected chi connectivity index (χ4v) is 4.22. The van der Waals surface area contributed by atoms with Crippen LogP contribution in [0.5, 0.6) is 0 Å². The van der Waals surface area contributed by atoms with Gasteiger partial charge in [-0.25, -0.2) is 0 Å². The van der Waals surface area contributed by atoms with Crippen molar-refractivity contribution < 1.29 is 0 Å². The van der Waals surface area contributed by atoms with E-state index in [-0.39, 0.29) is 0 Å². The number of fused-ring (bicyclic) bond motifs is 1. The Morgan fingerprint density at radius 3 is 2.31 bits per heavy atom. The van der Waals surface area contributed by atoms with Crippen molar-refractivity contribution in [3.63, 3.8) is 0 Å². The molecule has 2 aromatic carbocycles. The van der Waals surface area contributed by atoms with Crippen LogP contribution in [0.2, 0.25) is 0 Å². The van der Waals surface area contributed by atoms with Crippen LogP contribution in [0.25, 0.3) is 10.8 Å². The first-order chi connectivity index (χ1) is 15.7. The van der Waals surface area contributed by atoms with Crippen LogP contribution in [0.1, 0.15) is 25.1 Å². The van der Waals surface area contributed by atoms with Crippen molar-refractivity contribution in [3.05, 3.63) is 89.8 Å². The Kier molecular flexibility index (Phi) is 7.17. The van der Waals surface area contributed by atoms with E-state index in [0.29, 0.717) is 5.92 Å². The number of nitrogens with zero attached hydrogens (tertiary/aromatic N) is 4. The van der Waals surface area contributed by atoms with Crippen molar-refractivity contribution in [2.45, 2.75) is 20.3 Å². The van der Waals surface area contributed by atoms with Gasteiger partial charge in [-0.3, -0.25) is 4.90 Å². The van der Waals surface area contributed by atoms with Crippen LogP contribution in [0, 0.1) is 5.92 Å². The van der Waals surface area contributed by atoms with Crippen molar-refractivity contribution in [1.29, 1.82) is 0 Å². The van der Waals surface area contributed by atoms with Crippen LogP contribution in [0.3, 0.4) is 0 Å². The van der Waals surface area contributed by atoms with Crippen LogP contribution in [0.15, 0.2) is 78.5 Å². The molecule has 1 aromatic heterocycles. The zero-order valence-electron chi connectivity index (χ0n) is 19.1. The summed E-state index contributed by atoms with van der Waals surface area (Å²) >= 11 is 0. The highest BCUT2D eigenvalue weighted by Crippen LogP contribution is 2.27. The molecule has 1 saturated heterocycles. The molecule has 2 heterocycles. The fourth-order valence-electron chi connectivity index (χ4n) is 4.22. The molecule has 1 aliphatic rings. The van der Waals surface area contributed by atoms with Gasteiger partial charge in [-0.15, -0.1) is 5.10 Å². The second kappa shape index (κ2) is 10.4.